The number of ether oxygens (including phenoxy) is 1. The van der Waals surface area contributed by atoms with E-state index in [-0.39, 0.29) is 5.91 Å². The molecule has 0 unspecified atom stereocenters. The molecule has 0 aliphatic heterocycles. The molecule has 1 N–H and O–H groups in total. The van der Waals surface area contributed by atoms with Gasteiger partial charge in [-0.05, 0) is 11.1 Å². The number of rotatable bonds is 6. The molecule has 0 aliphatic carbocycles. The van der Waals surface area contributed by atoms with Gasteiger partial charge in [0.1, 0.15) is 0 Å². The maximum Gasteiger partial charge on any atom is 0.303 e. The topological polar surface area (TPSA) is 55.4 Å². The highest BCUT2D eigenvalue weighted by Crippen LogP contribution is 2.07. The van der Waals surface area contributed by atoms with E-state index in [0.29, 0.717) is 13.0 Å². The van der Waals surface area contributed by atoms with E-state index >= 15 is 0 Å². The summed E-state index contributed by atoms with van der Waals surface area (Å²) < 4.78 is 5.15. The first-order valence-electron chi connectivity index (χ1n) is 7.18. The van der Waals surface area contributed by atoms with E-state index in [2.05, 4.69) is 5.32 Å². The van der Waals surface area contributed by atoms with Gasteiger partial charge in [0, 0.05) is 19.9 Å². The number of amides is 1. The van der Waals surface area contributed by atoms with Gasteiger partial charge in [-0.2, -0.15) is 0 Å². The summed E-state index contributed by atoms with van der Waals surface area (Å²) in [5.41, 5.74) is 1.95. The van der Waals surface area contributed by atoms with Gasteiger partial charge in [-0.25, -0.2) is 0 Å². The Kier molecular flexibility index (Phi) is 5.72. The molecule has 0 aliphatic rings. The van der Waals surface area contributed by atoms with Crippen LogP contribution in [0.2, 0.25) is 0 Å². The van der Waals surface area contributed by atoms with Crippen molar-refractivity contribution in [3.63, 3.8) is 0 Å². The van der Waals surface area contributed by atoms with E-state index in [1.54, 1.807) is 0 Å². The third-order valence-electron chi connectivity index (χ3n) is 3.17. The van der Waals surface area contributed by atoms with Gasteiger partial charge in [-0.3, -0.25) is 9.59 Å². The summed E-state index contributed by atoms with van der Waals surface area (Å²) in [5, 5.41) is 2.81. The van der Waals surface area contributed by atoms with Crippen LogP contribution in [0.15, 0.2) is 60.7 Å². The number of hydrogen-bond donors (Lipinski definition) is 1. The zero-order valence-corrected chi connectivity index (χ0v) is 12.5. The summed E-state index contributed by atoms with van der Waals surface area (Å²) in [5.74, 6) is -0.751. The van der Waals surface area contributed by atoms with Gasteiger partial charge in [-0.1, -0.05) is 60.7 Å². The Morgan fingerprint density at radius 1 is 0.955 bits per heavy atom. The Balaban J connectivity index is 1.98. The number of carbonyl (C=O) groups is 2. The second-order valence-corrected chi connectivity index (χ2v) is 4.99. The molecule has 1 atom stereocenters. The van der Waals surface area contributed by atoms with E-state index in [9.17, 15) is 9.59 Å². The van der Waals surface area contributed by atoms with Crippen molar-refractivity contribution >= 4 is 11.9 Å². The second-order valence-electron chi connectivity index (χ2n) is 4.99. The molecule has 2 aromatic carbocycles. The minimum absolute atomic E-state index is 0.289. The standard InChI is InChI=1S/C18H19NO3/c1-14(20)22-17(12-15-8-4-2-5-9-15)18(21)19-13-16-10-6-3-7-11-16/h2-11,17H,12-13H2,1H3,(H,19,21)/t17-/m0/s1. The highest BCUT2D eigenvalue weighted by atomic mass is 16.5. The first-order valence-corrected chi connectivity index (χ1v) is 7.18. The van der Waals surface area contributed by atoms with Gasteiger partial charge in [0.25, 0.3) is 5.91 Å². The minimum Gasteiger partial charge on any atom is -0.452 e. The molecule has 0 saturated heterocycles. The van der Waals surface area contributed by atoms with Crippen LogP contribution in [0.5, 0.6) is 0 Å². The van der Waals surface area contributed by atoms with Crippen molar-refractivity contribution in [3.05, 3.63) is 71.8 Å². The van der Waals surface area contributed by atoms with Crippen molar-refractivity contribution in [2.75, 3.05) is 0 Å². The lowest BCUT2D eigenvalue weighted by Gasteiger charge is -2.17. The minimum atomic E-state index is -0.816. The molecule has 2 aromatic rings. The maximum atomic E-state index is 12.3. The molecule has 4 nitrogen and oxygen atoms in total. The molecule has 114 valence electrons. The first-order chi connectivity index (χ1) is 10.6. The Morgan fingerprint density at radius 2 is 1.50 bits per heavy atom. The highest BCUT2D eigenvalue weighted by Gasteiger charge is 2.21. The normalized spacial score (nSPS) is 11.5. The quantitative estimate of drug-likeness (QED) is 0.833. The van der Waals surface area contributed by atoms with E-state index in [4.69, 9.17) is 4.74 Å². The summed E-state index contributed by atoms with van der Waals surface area (Å²) >= 11 is 0. The number of nitrogens with one attached hydrogen (secondary N) is 1. The van der Waals surface area contributed by atoms with Gasteiger partial charge in [0.05, 0.1) is 0 Å². The molecule has 0 aromatic heterocycles. The molecule has 22 heavy (non-hydrogen) atoms. The molecular formula is C18H19NO3. The van der Waals surface area contributed by atoms with Crippen molar-refractivity contribution in [1.29, 1.82) is 0 Å². The van der Waals surface area contributed by atoms with Crippen molar-refractivity contribution in [2.45, 2.75) is 26.0 Å². The monoisotopic (exact) mass is 297 g/mol. The Labute approximate surface area is 130 Å². The molecule has 0 saturated carbocycles. The Hall–Kier alpha value is -2.62. The number of esters is 1. The smallest absolute Gasteiger partial charge is 0.303 e. The van der Waals surface area contributed by atoms with E-state index < -0.39 is 12.1 Å². The van der Waals surface area contributed by atoms with Crippen LogP contribution in [0, 0.1) is 0 Å². The predicted molar refractivity (Wildman–Crippen MR) is 84.0 cm³/mol. The average molecular weight is 297 g/mol. The van der Waals surface area contributed by atoms with Crippen LogP contribution in [0.3, 0.4) is 0 Å². The largest absolute Gasteiger partial charge is 0.452 e. The lowest BCUT2D eigenvalue weighted by atomic mass is 10.1. The Morgan fingerprint density at radius 3 is 2.05 bits per heavy atom. The van der Waals surface area contributed by atoms with Gasteiger partial charge in [0.15, 0.2) is 6.10 Å². The molecule has 1 amide bonds. The number of hydrogen-bond acceptors (Lipinski definition) is 3. The van der Waals surface area contributed by atoms with Gasteiger partial charge >= 0.3 is 5.97 Å². The number of carbonyl (C=O) groups excluding carboxylic acids is 2. The van der Waals surface area contributed by atoms with Crippen molar-refractivity contribution in [3.8, 4) is 0 Å². The first kappa shape index (κ1) is 15.8. The fourth-order valence-electron chi connectivity index (χ4n) is 2.12. The van der Waals surface area contributed by atoms with Crippen LogP contribution in [-0.4, -0.2) is 18.0 Å². The molecule has 2 rings (SSSR count). The Bertz CT molecular complexity index is 611. The fourth-order valence-corrected chi connectivity index (χ4v) is 2.12. The summed E-state index contributed by atoms with van der Waals surface area (Å²) in [6.07, 6.45) is -0.454. The van der Waals surface area contributed by atoms with E-state index in [1.165, 1.54) is 6.92 Å². The predicted octanol–water partition coefficient (Wildman–Crippen LogP) is 2.48. The lowest BCUT2D eigenvalue weighted by molar-refractivity contribution is -0.153. The lowest BCUT2D eigenvalue weighted by Crippen LogP contribution is -2.38. The third kappa shape index (κ3) is 5.05. The highest BCUT2D eigenvalue weighted by molar-refractivity contribution is 5.83. The zero-order chi connectivity index (χ0) is 15.8. The van der Waals surface area contributed by atoms with Crippen molar-refractivity contribution in [2.24, 2.45) is 0 Å². The van der Waals surface area contributed by atoms with Gasteiger partial charge < -0.3 is 10.1 Å². The summed E-state index contributed by atoms with van der Waals surface area (Å²) in [7, 11) is 0. The van der Waals surface area contributed by atoms with Gasteiger partial charge in [-0.15, -0.1) is 0 Å². The van der Waals surface area contributed by atoms with Gasteiger partial charge in [0.2, 0.25) is 0 Å². The van der Waals surface area contributed by atoms with E-state index in [0.717, 1.165) is 11.1 Å². The van der Waals surface area contributed by atoms with Crippen LogP contribution >= 0.6 is 0 Å². The van der Waals surface area contributed by atoms with Crippen LogP contribution in [0.1, 0.15) is 18.1 Å². The van der Waals surface area contributed by atoms with Crippen LogP contribution in [0.25, 0.3) is 0 Å². The second kappa shape index (κ2) is 7.98. The molecule has 0 fully saturated rings. The molecular weight excluding hydrogens is 278 g/mol. The maximum absolute atomic E-state index is 12.3. The van der Waals surface area contributed by atoms with Crippen LogP contribution < -0.4 is 5.32 Å². The summed E-state index contributed by atoms with van der Waals surface area (Å²) in [6, 6.07) is 19.1. The zero-order valence-electron chi connectivity index (χ0n) is 12.5. The van der Waals surface area contributed by atoms with Crippen molar-refractivity contribution < 1.29 is 14.3 Å². The van der Waals surface area contributed by atoms with E-state index in [1.807, 2.05) is 60.7 Å². The average Bonchev–Trinajstić information content (AvgIpc) is 2.53. The van der Waals surface area contributed by atoms with Crippen LogP contribution in [0.4, 0.5) is 0 Å². The number of benzene rings is 2. The third-order valence-corrected chi connectivity index (χ3v) is 3.17. The van der Waals surface area contributed by atoms with Crippen LogP contribution in [-0.2, 0) is 27.3 Å². The molecule has 0 spiro atoms. The molecule has 0 heterocycles. The molecule has 0 radical (unpaired) electrons. The van der Waals surface area contributed by atoms with Crippen molar-refractivity contribution in [1.82, 2.24) is 5.32 Å². The summed E-state index contributed by atoms with van der Waals surface area (Å²) in [6.45, 7) is 1.72. The summed E-state index contributed by atoms with van der Waals surface area (Å²) in [4.78, 5) is 23.5. The molecule has 4 heteroatoms. The molecule has 0 bridgehead atoms. The fraction of sp³-hybridized carbons (Fsp3) is 0.222. The SMILES string of the molecule is CC(=O)O[C@@H](Cc1ccccc1)C(=O)NCc1ccccc1.